The summed E-state index contributed by atoms with van der Waals surface area (Å²) >= 11 is 0. The third kappa shape index (κ3) is 4.18. The normalized spacial score (nSPS) is 13.5. The molecule has 0 spiro atoms. The largest absolute Gasteiger partial charge is 0.321 e. The summed E-state index contributed by atoms with van der Waals surface area (Å²) in [7, 11) is 0. The average Bonchev–Trinajstić information content (AvgIpc) is 2.02. The summed E-state index contributed by atoms with van der Waals surface area (Å²) in [4.78, 5) is 22.6. The van der Waals surface area contributed by atoms with Gasteiger partial charge in [0.15, 0.2) is 5.78 Å². The molecule has 0 amide bonds. The van der Waals surface area contributed by atoms with E-state index < -0.39 is 6.04 Å². The minimum absolute atomic E-state index is 0.0333. The highest BCUT2D eigenvalue weighted by Crippen LogP contribution is 2.05. The highest BCUT2D eigenvalue weighted by Gasteiger charge is 2.20. The maximum absolute atomic E-state index is 11.3. The number of nitrogens with two attached hydrogens (primary N) is 1. The van der Waals surface area contributed by atoms with Crippen molar-refractivity contribution in [2.24, 2.45) is 17.6 Å². The number of carbonyl (C=O) groups is 2. The SMILES string of the molecule is CC(C)C(=O)C[C@@H](N)C(=O)C(C)C. The van der Waals surface area contributed by atoms with Crippen molar-refractivity contribution in [3.8, 4) is 0 Å². The second kappa shape index (κ2) is 5.12. The van der Waals surface area contributed by atoms with Gasteiger partial charge >= 0.3 is 0 Å². The van der Waals surface area contributed by atoms with Crippen LogP contribution in [-0.2, 0) is 9.59 Å². The van der Waals surface area contributed by atoms with Crippen molar-refractivity contribution in [1.29, 1.82) is 0 Å². The van der Waals surface area contributed by atoms with Crippen molar-refractivity contribution in [1.82, 2.24) is 0 Å². The van der Waals surface area contributed by atoms with Gasteiger partial charge in [-0.2, -0.15) is 0 Å². The van der Waals surface area contributed by atoms with Crippen LogP contribution in [0.3, 0.4) is 0 Å². The Morgan fingerprint density at radius 3 is 1.85 bits per heavy atom. The van der Waals surface area contributed by atoms with Crippen LogP contribution in [0.4, 0.5) is 0 Å². The van der Waals surface area contributed by atoms with E-state index in [2.05, 4.69) is 0 Å². The van der Waals surface area contributed by atoms with Gasteiger partial charge in [0.05, 0.1) is 6.04 Å². The zero-order chi connectivity index (χ0) is 10.6. The first-order chi connectivity index (χ1) is 5.86. The molecule has 0 rings (SSSR count). The van der Waals surface area contributed by atoms with Crippen molar-refractivity contribution in [2.75, 3.05) is 0 Å². The first-order valence-electron chi connectivity index (χ1n) is 4.68. The molecule has 0 saturated heterocycles. The molecule has 0 radical (unpaired) electrons. The third-order valence-corrected chi connectivity index (χ3v) is 2.00. The Balaban J connectivity index is 4.08. The summed E-state index contributed by atoms with van der Waals surface area (Å²) in [6.07, 6.45) is 0.175. The molecule has 0 aliphatic carbocycles. The molecule has 0 saturated carbocycles. The molecule has 0 unspecified atom stereocenters. The van der Waals surface area contributed by atoms with Crippen LogP contribution in [0.2, 0.25) is 0 Å². The van der Waals surface area contributed by atoms with Crippen molar-refractivity contribution in [2.45, 2.75) is 40.2 Å². The van der Waals surface area contributed by atoms with Gasteiger partial charge < -0.3 is 5.73 Å². The summed E-state index contributed by atoms with van der Waals surface area (Å²) in [5.41, 5.74) is 5.59. The highest BCUT2D eigenvalue weighted by atomic mass is 16.1. The van der Waals surface area contributed by atoms with Gasteiger partial charge in [-0.15, -0.1) is 0 Å². The molecule has 0 heterocycles. The summed E-state index contributed by atoms with van der Waals surface area (Å²) < 4.78 is 0. The van der Waals surface area contributed by atoms with Gasteiger partial charge in [-0.3, -0.25) is 9.59 Å². The number of rotatable bonds is 5. The fourth-order valence-corrected chi connectivity index (χ4v) is 0.981. The second-order valence-electron chi connectivity index (χ2n) is 3.99. The number of ketones is 2. The Labute approximate surface area is 79.7 Å². The zero-order valence-corrected chi connectivity index (χ0v) is 8.83. The van der Waals surface area contributed by atoms with E-state index in [0.29, 0.717) is 0 Å². The highest BCUT2D eigenvalue weighted by molar-refractivity contribution is 5.91. The topological polar surface area (TPSA) is 60.2 Å². The molecule has 13 heavy (non-hydrogen) atoms. The lowest BCUT2D eigenvalue weighted by Crippen LogP contribution is -2.36. The Hall–Kier alpha value is -0.700. The van der Waals surface area contributed by atoms with E-state index in [4.69, 9.17) is 5.73 Å². The van der Waals surface area contributed by atoms with Gasteiger partial charge in [-0.05, 0) is 0 Å². The fraction of sp³-hybridized carbons (Fsp3) is 0.800. The molecule has 0 bridgehead atoms. The van der Waals surface area contributed by atoms with Crippen molar-refractivity contribution in [3.05, 3.63) is 0 Å². The lowest BCUT2D eigenvalue weighted by atomic mass is 9.95. The average molecular weight is 185 g/mol. The molecule has 0 fully saturated rings. The lowest BCUT2D eigenvalue weighted by molar-refractivity contribution is -0.128. The molecule has 76 valence electrons. The number of Topliss-reactive ketones (excluding diaryl/α,β-unsaturated/α-hetero) is 2. The third-order valence-electron chi connectivity index (χ3n) is 2.00. The molecule has 0 aromatic rings. The first-order valence-corrected chi connectivity index (χ1v) is 4.68. The van der Waals surface area contributed by atoms with Crippen LogP contribution in [-0.4, -0.2) is 17.6 Å². The smallest absolute Gasteiger partial charge is 0.152 e. The summed E-state index contributed by atoms with van der Waals surface area (Å²) in [6.45, 7) is 7.22. The molecule has 1 atom stereocenters. The maximum atomic E-state index is 11.3. The number of hydrogen-bond acceptors (Lipinski definition) is 3. The predicted octanol–water partition coefficient (Wildman–Crippen LogP) is 1.15. The van der Waals surface area contributed by atoms with E-state index in [1.165, 1.54) is 0 Å². The molecular weight excluding hydrogens is 166 g/mol. The van der Waals surface area contributed by atoms with Crippen molar-refractivity contribution >= 4 is 11.6 Å². The molecule has 2 N–H and O–H groups in total. The standard InChI is InChI=1S/C10H19NO2/c1-6(2)9(12)5-8(11)10(13)7(3)4/h6-8H,5,11H2,1-4H3/t8-/m1/s1. The molecular formula is C10H19NO2. The van der Waals surface area contributed by atoms with Crippen LogP contribution in [0.15, 0.2) is 0 Å². The second-order valence-corrected chi connectivity index (χ2v) is 3.99. The minimum atomic E-state index is -0.616. The van der Waals surface area contributed by atoms with Crippen LogP contribution < -0.4 is 5.73 Å². The molecule has 0 aliphatic heterocycles. The van der Waals surface area contributed by atoms with E-state index in [9.17, 15) is 9.59 Å². The molecule has 3 nitrogen and oxygen atoms in total. The summed E-state index contributed by atoms with van der Waals surface area (Å²) in [5.74, 6) is -0.100. The number of carbonyl (C=O) groups excluding carboxylic acids is 2. The maximum Gasteiger partial charge on any atom is 0.152 e. The quantitative estimate of drug-likeness (QED) is 0.699. The van der Waals surface area contributed by atoms with E-state index in [1.54, 1.807) is 13.8 Å². The lowest BCUT2D eigenvalue weighted by Gasteiger charge is -2.13. The van der Waals surface area contributed by atoms with Crippen LogP contribution in [0.5, 0.6) is 0 Å². The number of hydrogen-bond donors (Lipinski definition) is 1. The molecule has 0 aromatic heterocycles. The monoisotopic (exact) mass is 185 g/mol. The van der Waals surface area contributed by atoms with Gasteiger partial charge in [0.1, 0.15) is 5.78 Å². The van der Waals surface area contributed by atoms with Gasteiger partial charge in [0.25, 0.3) is 0 Å². The summed E-state index contributed by atoms with van der Waals surface area (Å²) in [6, 6.07) is -0.616. The Morgan fingerprint density at radius 2 is 1.54 bits per heavy atom. The Bertz CT molecular complexity index is 197. The van der Waals surface area contributed by atoms with Crippen molar-refractivity contribution in [3.63, 3.8) is 0 Å². The van der Waals surface area contributed by atoms with Gasteiger partial charge in [-0.1, -0.05) is 27.7 Å². The van der Waals surface area contributed by atoms with E-state index >= 15 is 0 Å². The first kappa shape index (κ1) is 12.3. The van der Waals surface area contributed by atoms with Crippen molar-refractivity contribution < 1.29 is 9.59 Å². The zero-order valence-electron chi connectivity index (χ0n) is 8.83. The van der Waals surface area contributed by atoms with E-state index in [1.807, 2.05) is 13.8 Å². The molecule has 0 aromatic carbocycles. The molecule has 3 heteroatoms. The fourth-order valence-electron chi connectivity index (χ4n) is 0.981. The Morgan fingerprint density at radius 1 is 1.08 bits per heavy atom. The predicted molar refractivity (Wildman–Crippen MR) is 52.3 cm³/mol. The minimum Gasteiger partial charge on any atom is -0.321 e. The van der Waals surface area contributed by atoms with Crippen LogP contribution >= 0.6 is 0 Å². The van der Waals surface area contributed by atoms with Crippen LogP contribution in [0, 0.1) is 11.8 Å². The van der Waals surface area contributed by atoms with E-state index in [0.717, 1.165) is 0 Å². The van der Waals surface area contributed by atoms with Gasteiger partial charge in [0.2, 0.25) is 0 Å². The van der Waals surface area contributed by atoms with Gasteiger partial charge in [0, 0.05) is 18.3 Å². The summed E-state index contributed by atoms with van der Waals surface area (Å²) in [5, 5.41) is 0. The molecule has 0 aliphatic rings. The Kier molecular flexibility index (Phi) is 4.85. The van der Waals surface area contributed by atoms with Crippen LogP contribution in [0.1, 0.15) is 34.1 Å². The van der Waals surface area contributed by atoms with Crippen LogP contribution in [0.25, 0.3) is 0 Å². The van der Waals surface area contributed by atoms with E-state index in [-0.39, 0.29) is 29.8 Å². The van der Waals surface area contributed by atoms with Gasteiger partial charge in [-0.25, -0.2) is 0 Å².